The zero-order valence-corrected chi connectivity index (χ0v) is 10.3. The van der Waals surface area contributed by atoms with Crippen LogP contribution in [0.3, 0.4) is 0 Å². The van der Waals surface area contributed by atoms with Crippen LogP contribution in [0.5, 0.6) is 0 Å². The highest BCUT2D eigenvalue weighted by Gasteiger charge is 2.28. The quantitative estimate of drug-likeness (QED) is 0.876. The number of hydrogen-bond donors (Lipinski definition) is 1. The molecule has 1 atom stereocenters. The van der Waals surface area contributed by atoms with E-state index in [9.17, 15) is 9.59 Å². The summed E-state index contributed by atoms with van der Waals surface area (Å²) in [4.78, 5) is 24.5. The molecule has 2 rings (SSSR count). The van der Waals surface area contributed by atoms with Crippen molar-refractivity contribution in [3.63, 3.8) is 0 Å². The molecule has 0 aliphatic carbocycles. The molecule has 0 radical (unpaired) electrons. The van der Waals surface area contributed by atoms with Gasteiger partial charge in [0, 0.05) is 25.1 Å². The van der Waals surface area contributed by atoms with Gasteiger partial charge in [-0.15, -0.1) is 0 Å². The van der Waals surface area contributed by atoms with Gasteiger partial charge in [-0.1, -0.05) is 5.16 Å². The topological polar surface area (TPSA) is 83.6 Å². The molecule has 0 aromatic carbocycles. The molecule has 6 nitrogen and oxygen atoms in total. The van der Waals surface area contributed by atoms with Gasteiger partial charge in [-0.3, -0.25) is 9.59 Å². The molecule has 0 saturated carbocycles. The van der Waals surface area contributed by atoms with Gasteiger partial charge in [-0.25, -0.2) is 0 Å². The van der Waals surface area contributed by atoms with Crippen LogP contribution in [0.4, 0.5) is 0 Å². The molecule has 1 aromatic heterocycles. The molecule has 0 spiro atoms. The molecular formula is C12H16N2O4. The first-order valence-corrected chi connectivity index (χ1v) is 6.00. The number of piperidine rings is 1. The van der Waals surface area contributed by atoms with Crippen LogP contribution in [0.2, 0.25) is 0 Å². The predicted molar refractivity (Wildman–Crippen MR) is 62.1 cm³/mol. The van der Waals surface area contributed by atoms with Crippen LogP contribution in [-0.4, -0.2) is 40.1 Å². The molecule has 1 N–H and O–H groups in total. The molecule has 98 valence electrons. The third kappa shape index (κ3) is 2.69. The van der Waals surface area contributed by atoms with Gasteiger partial charge in [0.25, 0.3) is 5.91 Å². The fourth-order valence-corrected chi connectivity index (χ4v) is 2.30. The first kappa shape index (κ1) is 12.6. The van der Waals surface area contributed by atoms with Crippen molar-refractivity contribution in [2.24, 2.45) is 5.92 Å². The first-order valence-electron chi connectivity index (χ1n) is 6.00. The smallest absolute Gasteiger partial charge is 0.303 e. The molecule has 1 fully saturated rings. The molecule has 18 heavy (non-hydrogen) atoms. The molecule has 2 heterocycles. The minimum absolute atomic E-state index is 0.0310. The summed E-state index contributed by atoms with van der Waals surface area (Å²) in [5.41, 5.74) is 0.709. The van der Waals surface area contributed by atoms with Crippen molar-refractivity contribution in [2.45, 2.75) is 26.2 Å². The van der Waals surface area contributed by atoms with Gasteiger partial charge in [0.15, 0.2) is 0 Å². The van der Waals surface area contributed by atoms with Crippen LogP contribution in [-0.2, 0) is 4.79 Å². The summed E-state index contributed by atoms with van der Waals surface area (Å²) in [5, 5.41) is 12.4. The zero-order chi connectivity index (χ0) is 13.1. The summed E-state index contributed by atoms with van der Waals surface area (Å²) in [6.07, 6.45) is 3.30. The number of rotatable bonds is 3. The highest BCUT2D eigenvalue weighted by atomic mass is 16.5. The summed E-state index contributed by atoms with van der Waals surface area (Å²) < 4.78 is 4.94. The minimum atomic E-state index is -0.815. The number of aromatic nitrogens is 1. The Balaban J connectivity index is 2.03. The van der Waals surface area contributed by atoms with Crippen LogP contribution in [0.15, 0.2) is 10.7 Å². The Morgan fingerprint density at radius 1 is 1.61 bits per heavy atom. The molecule has 1 aliphatic rings. The Kier molecular flexibility index (Phi) is 3.64. The maximum absolute atomic E-state index is 12.2. The van der Waals surface area contributed by atoms with Gasteiger partial charge < -0.3 is 14.5 Å². The van der Waals surface area contributed by atoms with E-state index in [1.165, 1.54) is 6.20 Å². The zero-order valence-electron chi connectivity index (χ0n) is 10.3. The minimum Gasteiger partial charge on any atom is -0.481 e. The van der Waals surface area contributed by atoms with Gasteiger partial charge in [0.2, 0.25) is 5.76 Å². The molecular weight excluding hydrogens is 236 g/mol. The monoisotopic (exact) mass is 252 g/mol. The molecule has 1 amide bonds. The number of aliphatic carboxylic acids is 1. The van der Waals surface area contributed by atoms with Crippen molar-refractivity contribution in [3.05, 3.63) is 17.5 Å². The van der Waals surface area contributed by atoms with E-state index in [1.807, 2.05) is 0 Å². The predicted octanol–water partition coefficient (Wildman–Crippen LogP) is 1.31. The third-order valence-corrected chi connectivity index (χ3v) is 3.21. The largest absolute Gasteiger partial charge is 0.481 e. The molecule has 1 saturated heterocycles. The average molecular weight is 252 g/mol. The van der Waals surface area contributed by atoms with Crippen molar-refractivity contribution in [3.8, 4) is 0 Å². The van der Waals surface area contributed by atoms with E-state index in [-0.39, 0.29) is 24.0 Å². The second-order valence-corrected chi connectivity index (χ2v) is 4.70. The van der Waals surface area contributed by atoms with Gasteiger partial charge in [-0.05, 0) is 25.7 Å². The summed E-state index contributed by atoms with van der Waals surface area (Å²) in [5.74, 6) is -0.723. The van der Waals surface area contributed by atoms with Gasteiger partial charge in [0.1, 0.15) is 0 Å². The van der Waals surface area contributed by atoms with E-state index < -0.39 is 5.97 Å². The number of likely N-dealkylation sites (tertiary alicyclic amines) is 1. The standard InChI is InChI=1S/C12H16N2O4/c1-8-6-13-18-11(8)12(17)14-4-2-3-9(7-14)5-10(15)16/h6,9H,2-5,7H2,1H3,(H,15,16). The van der Waals surface area contributed by atoms with Crippen molar-refractivity contribution in [1.82, 2.24) is 10.1 Å². The van der Waals surface area contributed by atoms with Crippen LogP contribution in [0, 0.1) is 12.8 Å². The van der Waals surface area contributed by atoms with Gasteiger partial charge >= 0.3 is 5.97 Å². The first-order chi connectivity index (χ1) is 8.58. The van der Waals surface area contributed by atoms with Crippen molar-refractivity contribution in [1.29, 1.82) is 0 Å². The average Bonchev–Trinajstić information content (AvgIpc) is 2.74. The van der Waals surface area contributed by atoms with E-state index >= 15 is 0 Å². The van der Waals surface area contributed by atoms with Crippen LogP contribution < -0.4 is 0 Å². The van der Waals surface area contributed by atoms with Gasteiger partial charge in [0.05, 0.1) is 6.20 Å². The lowest BCUT2D eigenvalue weighted by Crippen LogP contribution is -2.40. The molecule has 1 aliphatic heterocycles. The van der Waals surface area contributed by atoms with Gasteiger partial charge in [-0.2, -0.15) is 0 Å². The molecule has 6 heteroatoms. The number of nitrogens with zero attached hydrogens (tertiary/aromatic N) is 2. The fourth-order valence-electron chi connectivity index (χ4n) is 2.30. The van der Waals surface area contributed by atoms with Crippen molar-refractivity contribution < 1.29 is 19.2 Å². The Bertz CT molecular complexity index is 455. The number of aryl methyl sites for hydroxylation is 1. The SMILES string of the molecule is Cc1cnoc1C(=O)N1CCCC(CC(=O)O)C1. The molecule has 1 unspecified atom stereocenters. The van der Waals surface area contributed by atoms with E-state index in [0.29, 0.717) is 18.7 Å². The summed E-state index contributed by atoms with van der Waals surface area (Å²) in [6, 6.07) is 0. The summed E-state index contributed by atoms with van der Waals surface area (Å²) in [7, 11) is 0. The van der Waals surface area contributed by atoms with E-state index in [2.05, 4.69) is 5.16 Å². The lowest BCUT2D eigenvalue weighted by atomic mass is 9.94. The van der Waals surface area contributed by atoms with E-state index in [1.54, 1.807) is 11.8 Å². The number of hydrogen-bond acceptors (Lipinski definition) is 4. The molecule has 0 bridgehead atoms. The lowest BCUT2D eigenvalue weighted by Gasteiger charge is -2.31. The lowest BCUT2D eigenvalue weighted by molar-refractivity contribution is -0.138. The number of carbonyl (C=O) groups is 2. The molecule has 1 aromatic rings. The number of carbonyl (C=O) groups excluding carboxylic acids is 1. The Morgan fingerprint density at radius 3 is 3.00 bits per heavy atom. The van der Waals surface area contributed by atoms with E-state index in [4.69, 9.17) is 9.63 Å². The number of amides is 1. The highest BCUT2D eigenvalue weighted by Crippen LogP contribution is 2.22. The number of carboxylic acids is 1. The second-order valence-electron chi connectivity index (χ2n) is 4.70. The highest BCUT2D eigenvalue weighted by molar-refractivity contribution is 5.92. The van der Waals surface area contributed by atoms with Crippen molar-refractivity contribution >= 4 is 11.9 Å². The summed E-state index contributed by atoms with van der Waals surface area (Å²) >= 11 is 0. The van der Waals surface area contributed by atoms with Crippen LogP contribution in [0.25, 0.3) is 0 Å². The fraction of sp³-hybridized carbons (Fsp3) is 0.583. The maximum atomic E-state index is 12.2. The summed E-state index contributed by atoms with van der Waals surface area (Å²) in [6.45, 7) is 2.89. The maximum Gasteiger partial charge on any atom is 0.303 e. The Morgan fingerprint density at radius 2 is 2.39 bits per heavy atom. The number of carboxylic acid groups (broad SMARTS) is 1. The van der Waals surface area contributed by atoms with E-state index in [0.717, 1.165) is 12.8 Å². The van der Waals surface area contributed by atoms with Crippen LogP contribution >= 0.6 is 0 Å². The normalized spacial score (nSPS) is 19.8. The van der Waals surface area contributed by atoms with Crippen LogP contribution in [0.1, 0.15) is 35.4 Å². The third-order valence-electron chi connectivity index (χ3n) is 3.21. The second kappa shape index (κ2) is 5.20. The Labute approximate surface area is 105 Å². The van der Waals surface area contributed by atoms with Crippen molar-refractivity contribution in [2.75, 3.05) is 13.1 Å². The Hall–Kier alpha value is -1.85.